The van der Waals surface area contributed by atoms with Crippen LogP contribution in [0.2, 0.25) is 0 Å². The smallest absolute Gasteiger partial charge is 0.228 e. The highest BCUT2D eigenvalue weighted by molar-refractivity contribution is 6.08. The summed E-state index contributed by atoms with van der Waals surface area (Å²) in [5.41, 5.74) is 2.62. The van der Waals surface area contributed by atoms with Gasteiger partial charge in [-0.05, 0) is 81.0 Å². The van der Waals surface area contributed by atoms with Crippen molar-refractivity contribution in [3.63, 3.8) is 0 Å². The molecule has 6 nitrogen and oxygen atoms in total. The largest absolute Gasteiger partial charge is 0.439 e. The number of nitrogens with one attached hydrogen (secondary N) is 1. The number of pyridine rings is 1. The summed E-state index contributed by atoms with van der Waals surface area (Å²) in [7, 11) is 0. The number of para-hydroxylation sites is 2. The molecular weight excluding hydrogens is 402 g/mol. The number of aromatic nitrogens is 3. The van der Waals surface area contributed by atoms with Gasteiger partial charge in [-0.3, -0.25) is 4.79 Å². The number of fused-ring (bicyclic) bond motifs is 1. The van der Waals surface area contributed by atoms with Gasteiger partial charge in [-0.15, -0.1) is 0 Å². The normalized spacial score (nSPS) is 20.9. The predicted molar refractivity (Wildman–Crippen MR) is 122 cm³/mol. The molecule has 1 aliphatic carbocycles. The number of benzene rings is 2. The van der Waals surface area contributed by atoms with Gasteiger partial charge in [0.25, 0.3) is 0 Å². The van der Waals surface area contributed by atoms with E-state index in [0.717, 1.165) is 42.3 Å². The lowest BCUT2D eigenvalue weighted by Gasteiger charge is -2.33. The molecule has 0 amide bonds. The molecule has 2 aromatic heterocycles. The number of imidazole rings is 1. The Bertz CT molecular complexity index is 1220. The van der Waals surface area contributed by atoms with Crippen molar-refractivity contribution in [1.82, 2.24) is 15.0 Å². The zero-order chi connectivity index (χ0) is 22.1. The number of aromatic amines is 1. The third kappa shape index (κ3) is 4.14. The van der Waals surface area contributed by atoms with Crippen LogP contribution in [0.3, 0.4) is 0 Å². The third-order valence-electron chi connectivity index (χ3n) is 6.24. The molecule has 0 spiro atoms. The van der Waals surface area contributed by atoms with Gasteiger partial charge in [0.05, 0.1) is 16.6 Å². The van der Waals surface area contributed by atoms with Gasteiger partial charge in [0.1, 0.15) is 5.75 Å². The molecule has 162 valence electrons. The third-order valence-corrected chi connectivity index (χ3v) is 6.24. The Hall–Kier alpha value is -3.51. The highest BCUT2D eigenvalue weighted by Gasteiger charge is 2.31. The Morgan fingerprint density at radius 1 is 1.06 bits per heavy atom. The number of hydrogen-bond acceptors (Lipinski definition) is 5. The van der Waals surface area contributed by atoms with Crippen molar-refractivity contribution >= 4 is 16.8 Å². The molecule has 1 saturated carbocycles. The van der Waals surface area contributed by atoms with Gasteiger partial charge >= 0.3 is 0 Å². The molecule has 32 heavy (non-hydrogen) atoms. The van der Waals surface area contributed by atoms with Crippen LogP contribution in [-0.2, 0) is 0 Å². The monoisotopic (exact) mass is 427 g/mol. The number of nitrogens with zero attached hydrogens (tertiary/aromatic N) is 2. The number of ether oxygens (including phenoxy) is 1. The quantitative estimate of drug-likeness (QED) is 0.417. The van der Waals surface area contributed by atoms with E-state index in [4.69, 9.17) is 4.74 Å². The van der Waals surface area contributed by atoms with Gasteiger partial charge < -0.3 is 14.8 Å². The molecule has 1 aliphatic rings. The summed E-state index contributed by atoms with van der Waals surface area (Å²) in [6.45, 7) is 1.90. The highest BCUT2D eigenvalue weighted by atomic mass is 16.5. The van der Waals surface area contributed by atoms with E-state index in [1.807, 2.05) is 43.3 Å². The summed E-state index contributed by atoms with van der Waals surface area (Å²) in [6, 6.07) is 18.6. The summed E-state index contributed by atoms with van der Waals surface area (Å²) in [5.74, 6) is 1.66. The zero-order valence-electron chi connectivity index (χ0n) is 17.9. The second-order valence-electron chi connectivity index (χ2n) is 8.73. The lowest BCUT2D eigenvalue weighted by molar-refractivity contribution is 0.0169. The minimum Gasteiger partial charge on any atom is -0.439 e. The first-order valence-electron chi connectivity index (χ1n) is 10.9. The molecule has 5 rings (SSSR count). The average molecular weight is 428 g/mol. The Kier molecular flexibility index (Phi) is 5.23. The van der Waals surface area contributed by atoms with Gasteiger partial charge in [0.15, 0.2) is 5.82 Å². The number of H-pyrrole nitrogens is 1. The van der Waals surface area contributed by atoms with Crippen molar-refractivity contribution in [3.05, 3.63) is 83.8 Å². The number of carbonyl (C=O) groups is 1. The van der Waals surface area contributed by atoms with Crippen LogP contribution < -0.4 is 4.74 Å². The van der Waals surface area contributed by atoms with Gasteiger partial charge in [0.2, 0.25) is 11.7 Å². The van der Waals surface area contributed by atoms with Crippen molar-refractivity contribution in [2.75, 3.05) is 0 Å². The summed E-state index contributed by atoms with van der Waals surface area (Å²) in [6.07, 6.45) is 5.06. The fourth-order valence-corrected chi connectivity index (χ4v) is 4.33. The molecule has 2 heterocycles. The number of hydrogen-bond donors (Lipinski definition) is 2. The number of carbonyl (C=O) groups excluding carboxylic acids is 1. The van der Waals surface area contributed by atoms with Crippen LogP contribution in [0.25, 0.3) is 11.0 Å². The van der Waals surface area contributed by atoms with E-state index in [2.05, 4.69) is 15.0 Å². The van der Waals surface area contributed by atoms with Crippen molar-refractivity contribution < 1.29 is 14.6 Å². The molecule has 0 bridgehead atoms. The van der Waals surface area contributed by atoms with Crippen molar-refractivity contribution in [3.8, 4) is 11.6 Å². The van der Waals surface area contributed by atoms with Crippen LogP contribution in [0, 0.1) is 0 Å². The summed E-state index contributed by atoms with van der Waals surface area (Å²) < 4.78 is 6.09. The Labute approximate surface area is 186 Å². The molecule has 0 aliphatic heterocycles. The molecule has 2 N–H and O–H groups in total. The van der Waals surface area contributed by atoms with Crippen LogP contribution in [0.15, 0.2) is 66.9 Å². The summed E-state index contributed by atoms with van der Waals surface area (Å²) in [4.78, 5) is 24.7. The second-order valence-corrected chi connectivity index (χ2v) is 8.73. The molecule has 0 saturated heterocycles. The first-order chi connectivity index (χ1) is 15.5. The molecule has 1 fully saturated rings. The standard InChI is InChI=1S/C26H25N3O3/c1-26(31)14-12-17(13-15-26)20-5-4-16-27-25(20)32-19-10-8-18(9-11-19)23(30)24-28-21-6-2-3-7-22(21)29-24/h2-11,16-17,31H,12-15H2,1H3,(H,28,29). The van der Waals surface area contributed by atoms with E-state index in [0.29, 0.717) is 28.9 Å². The fourth-order valence-electron chi connectivity index (χ4n) is 4.33. The van der Waals surface area contributed by atoms with E-state index in [1.165, 1.54) is 0 Å². The zero-order valence-corrected chi connectivity index (χ0v) is 17.9. The average Bonchev–Trinajstić information content (AvgIpc) is 3.24. The lowest BCUT2D eigenvalue weighted by Crippen LogP contribution is -2.29. The first kappa shape index (κ1) is 20.4. The van der Waals surface area contributed by atoms with Crippen molar-refractivity contribution in [2.45, 2.75) is 44.1 Å². The van der Waals surface area contributed by atoms with Gasteiger partial charge in [-0.25, -0.2) is 9.97 Å². The molecule has 2 aromatic carbocycles. The van der Waals surface area contributed by atoms with Gasteiger partial charge in [-0.2, -0.15) is 0 Å². The van der Waals surface area contributed by atoms with E-state index in [-0.39, 0.29) is 5.78 Å². The van der Waals surface area contributed by atoms with Gasteiger partial charge in [-0.1, -0.05) is 18.2 Å². The van der Waals surface area contributed by atoms with Crippen LogP contribution >= 0.6 is 0 Å². The van der Waals surface area contributed by atoms with Crippen LogP contribution in [0.4, 0.5) is 0 Å². The molecule has 4 aromatic rings. The fraction of sp³-hybridized carbons (Fsp3) is 0.269. The molecule has 6 heteroatoms. The van der Waals surface area contributed by atoms with Crippen LogP contribution in [0.1, 0.15) is 60.3 Å². The predicted octanol–water partition coefficient (Wildman–Crippen LogP) is 5.39. The number of ketones is 1. The Morgan fingerprint density at radius 2 is 1.81 bits per heavy atom. The topological polar surface area (TPSA) is 88.1 Å². The molecular formula is C26H25N3O3. The van der Waals surface area contributed by atoms with Gasteiger partial charge in [0, 0.05) is 17.3 Å². The second kappa shape index (κ2) is 8.20. The van der Waals surface area contributed by atoms with Crippen molar-refractivity contribution in [1.29, 1.82) is 0 Å². The van der Waals surface area contributed by atoms with E-state index in [1.54, 1.807) is 30.5 Å². The maximum Gasteiger partial charge on any atom is 0.228 e. The van der Waals surface area contributed by atoms with Crippen LogP contribution in [-0.4, -0.2) is 31.4 Å². The summed E-state index contributed by atoms with van der Waals surface area (Å²) >= 11 is 0. The van der Waals surface area contributed by atoms with E-state index < -0.39 is 5.60 Å². The Morgan fingerprint density at radius 3 is 2.56 bits per heavy atom. The van der Waals surface area contributed by atoms with E-state index in [9.17, 15) is 9.90 Å². The minimum absolute atomic E-state index is 0.166. The van der Waals surface area contributed by atoms with E-state index >= 15 is 0 Å². The molecule has 0 atom stereocenters. The first-order valence-corrected chi connectivity index (χ1v) is 10.9. The maximum atomic E-state index is 12.8. The number of aliphatic hydroxyl groups is 1. The summed E-state index contributed by atoms with van der Waals surface area (Å²) in [5, 5.41) is 10.3. The molecule has 0 unspecified atom stereocenters. The Balaban J connectivity index is 1.33. The number of rotatable bonds is 5. The minimum atomic E-state index is -0.581. The lowest BCUT2D eigenvalue weighted by atomic mass is 9.77. The SMILES string of the molecule is CC1(O)CCC(c2cccnc2Oc2ccc(C(=O)c3nc4ccccc4[nH]3)cc2)CC1. The molecule has 0 radical (unpaired) electrons. The highest BCUT2D eigenvalue weighted by Crippen LogP contribution is 2.41. The van der Waals surface area contributed by atoms with Crippen molar-refractivity contribution in [2.24, 2.45) is 0 Å². The van der Waals surface area contributed by atoms with Crippen LogP contribution in [0.5, 0.6) is 11.6 Å². The maximum absolute atomic E-state index is 12.8.